The number of fused-ring (bicyclic) bond motifs is 1. The highest BCUT2D eigenvalue weighted by molar-refractivity contribution is 5.93. The molecule has 2 heterocycles. The van der Waals surface area contributed by atoms with E-state index in [1.165, 1.54) is 6.07 Å². The number of hydrogen-bond donors (Lipinski definition) is 1. The third-order valence-corrected chi connectivity index (χ3v) is 4.74. The predicted octanol–water partition coefficient (Wildman–Crippen LogP) is 3.34. The molecule has 27 heavy (non-hydrogen) atoms. The number of benzene rings is 1. The Morgan fingerprint density at radius 3 is 2.41 bits per heavy atom. The van der Waals surface area contributed by atoms with Crippen molar-refractivity contribution in [2.45, 2.75) is 26.8 Å². The minimum absolute atomic E-state index is 0.00360. The van der Waals surface area contributed by atoms with Gasteiger partial charge < -0.3 is 14.2 Å². The average molecular weight is 368 g/mol. The second-order valence-corrected chi connectivity index (χ2v) is 7.05. The van der Waals surface area contributed by atoms with Gasteiger partial charge in [-0.1, -0.05) is 0 Å². The van der Waals surface area contributed by atoms with Crippen LogP contribution in [0.1, 0.15) is 39.2 Å². The maximum absolute atomic E-state index is 12.6. The molecule has 6 heteroatoms. The Hall–Kier alpha value is -2.86. The summed E-state index contributed by atoms with van der Waals surface area (Å²) < 4.78 is 11.4. The lowest BCUT2D eigenvalue weighted by Gasteiger charge is -2.22. The molecule has 0 spiro atoms. The third kappa shape index (κ3) is 3.95. The molecule has 0 saturated carbocycles. The van der Waals surface area contributed by atoms with Crippen LogP contribution in [0.5, 0.6) is 0 Å². The van der Waals surface area contributed by atoms with Gasteiger partial charge in [0.25, 0.3) is 5.91 Å². The van der Waals surface area contributed by atoms with E-state index in [1.54, 1.807) is 12.1 Å². The molecule has 1 amide bonds. The van der Waals surface area contributed by atoms with Crippen molar-refractivity contribution in [1.82, 2.24) is 10.2 Å². The average Bonchev–Trinajstić information content (AvgIpc) is 3.02. The number of aryl methyl sites for hydroxylation is 3. The van der Waals surface area contributed by atoms with Crippen molar-refractivity contribution in [2.24, 2.45) is 0 Å². The van der Waals surface area contributed by atoms with Crippen LogP contribution in [0.15, 0.2) is 44.0 Å². The molecule has 6 nitrogen and oxygen atoms in total. The van der Waals surface area contributed by atoms with E-state index in [1.807, 2.05) is 51.9 Å². The maximum Gasteiger partial charge on any atom is 0.287 e. The molecular weight excluding hydrogens is 344 g/mol. The molecule has 1 N–H and O–H groups in total. The first kappa shape index (κ1) is 18.9. The first-order valence-corrected chi connectivity index (χ1v) is 8.82. The fraction of sp³-hybridized carbons (Fsp3) is 0.333. The Labute approximate surface area is 157 Å². The minimum atomic E-state index is -0.428. The largest absolute Gasteiger partial charge is 0.465 e. The number of carbonyl (C=O) groups excluding carboxylic acids is 1. The number of nitrogens with zero attached hydrogens (tertiary/aromatic N) is 1. The SMILES string of the molecule is Cc1ccc(C(CNC(=O)c2cc(=O)c3cc(C)c(C)cc3o2)N(C)C)o1. The monoisotopic (exact) mass is 368 g/mol. The Bertz CT molecular complexity index is 1050. The summed E-state index contributed by atoms with van der Waals surface area (Å²) in [5.41, 5.74) is 2.20. The first-order chi connectivity index (χ1) is 12.8. The first-order valence-electron chi connectivity index (χ1n) is 8.82. The van der Waals surface area contributed by atoms with Crippen LogP contribution in [0.25, 0.3) is 11.0 Å². The van der Waals surface area contributed by atoms with Crippen molar-refractivity contribution in [1.29, 1.82) is 0 Å². The normalized spacial score (nSPS) is 12.5. The van der Waals surface area contributed by atoms with Gasteiger partial charge in [0.05, 0.1) is 11.4 Å². The molecule has 0 aliphatic carbocycles. The van der Waals surface area contributed by atoms with Crippen molar-refractivity contribution in [3.05, 3.63) is 69.0 Å². The van der Waals surface area contributed by atoms with E-state index >= 15 is 0 Å². The standard InChI is InChI=1S/C21H24N2O4/c1-12-8-15-17(24)10-20(27-19(15)9-13(12)2)21(25)22-11-16(23(4)5)18-7-6-14(3)26-18/h6-10,16H,11H2,1-5H3,(H,22,25). The smallest absolute Gasteiger partial charge is 0.287 e. The quantitative estimate of drug-likeness (QED) is 0.747. The van der Waals surface area contributed by atoms with Gasteiger partial charge in [-0.05, 0) is 70.3 Å². The van der Waals surface area contributed by atoms with Crippen LogP contribution in [0, 0.1) is 20.8 Å². The third-order valence-electron chi connectivity index (χ3n) is 4.74. The fourth-order valence-corrected chi connectivity index (χ4v) is 2.97. The van der Waals surface area contributed by atoms with E-state index < -0.39 is 5.91 Å². The zero-order valence-corrected chi connectivity index (χ0v) is 16.3. The number of rotatable bonds is 5. The van der Waals surface area contributed by atoms with E-state index in [4.69, 9.17) is 8.83 Å². The lowest BCUT2D eigenvalue weighted by atomic mass is 10.1. The summed E-state index contributed by atoms with van der Waals surface area (Å²) >= 11 is 0. The van der Waals surface area contributed by atoms with E-state index in [0.29, 0.717) is 17.5 Å². The highest BCUT2D eigenvalue weighted by atomic mass is 16.3. The molecule has 3 rings (SSSR count). The van der Waals surface area contributed by atoms with Gasteiger partial charge in [-0.25, -0.2) is 0 Å². The zero-order chi connectivity index (χ0) is 19.7. The number of nitrogens with one attached hydrogen (secondary N) is 1. The summed E-state index contributed by atoms with van der Waals surface area (Å²) in [4.78, 5) is 26.9. The Morgan fingerprint density at radius 1 is 1.07 bits per heavy atom. The van der Waals surface area contributed by atoms with Crippen LogP contribution < -0.4 is 10.7 Å². The Morgan fingerprint density at radius 2 is 1.78 bits per heavy atom. The minimum Gasteiger partial charge on any atom is -0.465 e. The van der Waals surface area contributed by atoms with E-state index in [-0.39, 0.29) is 17.2 Å². The van der Waals surface area contributed by atoms with Crippen LogP contribution in [0.2, 0.25) is 0 Å². The molecule has 1 atom stereocenters. The molecule has 0 fully saturated rings. The highest BCUT2D eigenvalue weighted by Gasteiger charge is 2.20. The number of likely N-dealkylation sites (N-methyl/N-ethyl adjacent to an activating group) is 1. The van der Waals surface area contributed by atoms with Gasteiger partial charge in [0.1, 0.15) is 17.1 Å². The van der Waals surface area contributed by atoms with Gasteiger partial charge in [-0.3, -0.25) is 14.5 Å². The van der Waals surface area contributed by atoms with E-state index in [2.05, 4.69) is 5.32 Å². The van der Waals surface area contributed by atoms with Gasteiger partial charge in [0.15, 0.2) is 11.2 Å². The molecule has 3 aromatic rings. The Balaban J connectivity index is 1.83. The number of amides is 1. The van der Waals surface area contributed by atoms with Crippen LogP contribution >= 0.6 is 0 Å². The molecular formula is C21H24N2O4. The summed E-state index contributed by atoms with van der Waals surface area (Å²) in [6.07, 6.45) is 0. The number of carbonyl (C=O) groups is 1. The molecule has 0 aliphatic rings. The second kappa shape index (κ2) is 7.40. The summed E-state index contributed by atoms with van der Waals surface area (Å²) in [5.74, 6) is 1.16. The molecule has 1 aromatic carbocycles. The zero-order valence-electron chi connectivity index (χ0n) is 16.3. The van der Waals surface area contributed by atoms with Crippen LogP contribution in [-0.4, -0.2) is 31.4 Å². The number of furan rings is 1. The van der Waals surface area contributed by atoms with Gasteiger partial charge >= 0.3 is 0 Å². The summed E-state index contributed by atoms with van der Waals surface area (Å²) in [5, 5.41) is 3.31. The number of hydrogen-bond acceptors (Lipinski definition) is 5. The topological polar surface area (TPSA) is 75.7 Å². The van der Waals surface area contributed by atoms with Crippen LogP contribution in [0.4, 0.5) is 0 Å². The molecule has 1 unspecified atom stereocenters. The second-order valence-electron chi connectivity index (χ2n) is 7.05. The van der Waals surface area contributed by atoms with E-state index in [9.17, 15) is 9.59 Å². The van der Waals surface area contributed by atoms with Crippen molar-refractivity contribution in [2.75, 3.05) is 20.6 Å². The molecule has 0 saturated heterocycles. The molecule has 0 radical (unpaired) electrons. The van der Waals surface area contributed by atoms with Crippen LogP contribution in [-0.2, 0) is 0 Å². The van der Waals surface area contributed by atoms with Gasteiger partial charge in [-0.2, -0.15) is 0 Å². The molecule has 0 bridgehead atoms. The summed E-state index contributed by atoms with van der Waals surface area (Å²) in [6.45, 7) is 6.08. The molecule has 142 valence electrons. The van der Waals surface area contributed by atoms with Crippen LogP contribution in [0.3, 0.4) is 0 Å². The lowest BCUT2D eigenvalue weighted by molar-refractivity contribution is 0.0911. The van der Waals surface area contributed by atoms with Crippen molar-refractivity contribution in [3.63, 3.8) is 0 Å². The lowest BCUT2D eigenvalue weighted by Crippen LogP contribution is -2.34. The highest BCUT2D eigenvalue weighted by Crippen LogP contribution is 2.21. The van der Waals surface area contributed by atoms with Gasteiger partial charge in [-0.15, -0.1) is 0 Å². The molecule has 2 aromatic heterocycles. The van der Waals surface area contributed by atoms with Gasteiger partial charge in [0, 0.05) is 12.6 Å². The predicted molar refractivity (Wildman–Crippen MR) is 104 cm³/mol. The Kier molecular flexibility index (Phi) is 5.19. The fourth-order valence-electron chi connectivity index (χ4n) is 2.97. The van der Waals surface area contributed by atoms with Crippen molar-refractivity contribution >= 4 is 16.9 Å². The molecule has 0 aliphatic heterocycles. The van der Waals surface area contributed by atoms with Gasteiger partial charge in [0.2, 0.25) is 0 Å². The van der Waals surface area contributed by atoms with Crippen molar-refractivity contribution < 1.29 is 13.6 Å². The van der Waals surface area contributed by atoms with E-state index in [0.717, 1.165) is 22.6 Å². The summed E-state index contributed by atoms with van der Waals surface area (Å²) in [6, 6.07) is 8.48. The summed E-state index contributed by atoms with van der Waals surface area (Å²) in [7, 11) is 3.83. The maximum atomic E-state index is 12.6. The van der Waals surface area contributed by atoms with Crippen molar-refractivity contribution in [3.8, 4) is 0 Å².